The molecule has 174 valence electrons. The van der Waals surface area contributed by atoms with Gasteiger partial charge in [0.15, 0.2) is 18.1 Å². The first kappa shape index (κ1) is 23.6. The number of rotatable bonds is 10. The summed E-state index contributed by atoms with van der Waals surface area (Å²) in [5, 5.41) is 9.12. The molecule has 2 aromatic carbocycles. The number of anilines is 1. The number of nitrogens with one attached hydrogen (secondary N) is 3. The van der Waals surface area contributed by atoms with Gasteiger partial charge in [-0.15, -0.1) is 0 Å². The predicted molar refractivity (Wildman–Crippen MR) is 122 cm³/mol. The van der Waals surface area contributed by atoms with E-state index >= 15 is 0 Å². The Bertz CT molecular complexity index is 1020. The zero-order chi connectivity index (χ0) is 23.6. The van der Waals surface area contributed by atoms with Crippen molar-refractivity contribution >= 4 is 29.6 Å². The fourth-order valence-electron chi connectivity index (χ4n) is 2.78. The van der Waals surface area contributed by atoms with Gasteiger partial charge < -0.3 is 24.8 Å². The Labute approximate surface area is 191 Å². The predicted octanol–water partition coefficient (Wildman–Crippen LogP) is 1.84. The minimum atomic E-state index is -0.863. The van der Waals surface area contributed by atoms with Crippen LogP contribution >= 0.6 is 0 Å². The largest absolute Gasteiger partial charge is 0.494 e. The van der Waals surface area contributed by atoms with E-state index in [9.17, 15) is 14.4 Å². The van der Waals surface area contributed by atoms with Crippen LogP contribution in [0.4, 0.5) is 5.69 Å². The number of benzene rings is 2. The highest BCUT2D eigenvalue weighted by molar-refractivity contribution is 6.35. The summed E-state index contributed by atoms with van der Waals surface area (Å²) in [4.78, 5) is 35.8. The molecule has 10 nitrogen and oxygen atoms in total. The topological polar surface area (TPSA) is 127 Å². The monoisotopic (exact) mass is 454 g/mol. The molecule has 1 fully saturated rings. The number of hydrogen-bond acceptors (Lipinski definition) is 7. The molecule has 1 aliphatic carbocycles. The van der Waals surface area contributed by atoms with Crippen LogP contribution in [-0.2, 0) is 14.4 Å². The number of carbonyl (C=O) groups excluding carboxylic acids is 3. The molecule has 3 amide bonds. The number of para-hydroxylation sites is 1. The van der Waals surface area contributed by atoms with Gasteiger partial charge in [0.1, 0.15) is 5.75 Å². The lowest BCUT2D eigenvalue weighted by atomic mass is 10.2. The first-order chi connectivity index (χ1) is 16.0. The Morgan fingerprint density at radius 3 is 2.48 bits per heavy atom. The average molecular weight is 454 g/mol. The molecule has 0 heterocycles. The molecule has 10 heteroatoms. The van der Waals surface area contributed by atoms with E-state index < -0.39 is 11.8 Å². The molecule has 0 saturated heterocycles. The molecule has 0 aliphatic heterocycles. The Hall–Kier alpha value is -4.08. The maximum absolute atomic E-state index is 12.3. The van der Waals surface area contributed by atoms with Crippen molar-refractivity contribution in [1.29, 1.82) is 0 Å². The van der Waals surface area contributed by atoms with Crippen molar-refractivity contribution < 1.29 is 28.6 Å². The van der Waals surface area contributed by atoms with Crippen molar-refractivity contribution in [3.8, 4) is 17.2 Å². The van der Waals surface area contributed by atoms with Crippen molar-refractivity contribution in [2.45, 2.75) is 25.8 Å². The quantitative estimate of drug-likeness (QED) is 0.286. The van der Waals surface area contributed by atoms with Gasteiger partial charge in [-0.25, -0.2) is 5.43 Å². The molecule has 0 spiro atoms. The third-order valence-electron chi connectivity index (χ3n) is 4.51. The van der Waals surface area contributed by atoms with Crippen LogP contribution in [0.25, 0.3) is 0 Å². The number of hydrazone groups is 1. The number of amides is 3. The Balaban J connectivity index is 1.58. The second kappa shape index (κ2) is 11.5. The van der Waals surface area contributed by atoms with Gasteiger partial charge in [-0.05, 0) is 56.2 Å². The Kier molecular flexibility index (Phi) is 8.23. The molecule has 0 atom stereocenters. The van der Waals surface area contributed by atoms with Gasteiger partial charge in [-0.1, -0.05) is 6.07 Å². The summed E-state index contributed by atoms with van der Waals surface area (Å²) in [7, 11) is 1.47. The van der Waals surface area contributed by atoms with Gasteiger partial charge in [0.25, 0.3) is 5.91 Å². The standard InChI is InChI=1S/C23H26N4O6/c1-3-32-18-11-9-16(10-12-18)25-20(28)14-33-21-15(5-4-6-19(21)31-2)13-24-27-23(30)22(29)26-17-7-8-17/h4-6,9-13,17H,3,7-8,14H2,1-2H3,(H,25,28)(H,26,29)(H,27,30)/b24-13-. The Morgan fingerprint density at radius 1 is 1.06 bits per heavy atom. The van der Waals surface area contributed by atoms with Crippen LogP contribution in [0.3, 0.4) is 0 Å². The summed E-state index contributed by atoms with van der Waals surface area (Å²) in [6.07, 6.45) is 3.06. The maximum Gasteiger partial charge on any atom is 0.329 e. The molecular formula is C23H26N4O6. The molecule has 1 aliphatic rings. The van der Waals surface area contributed by atoms with E-state index in [1.54, 1.807) is 42.5 Å². The lowest BCUT2D eigenvalue weighted by Gasteiger charge is -2.13. The number of carbonyl (C=O) groups is 3. The molecule has 0 unspecified atom stereocenters. The summed E-state index contributed by atoms with van der Waals surface area (Å²) in [6, 6.07) is 12.1. The number of hydrogen-bond donors (Lipinski definition) is 3. The van der Waals surface area contributed by atoms with E-state index in [4.69, 9.17) is 14.2 Å². The third-order valence-corrected chi connectivity index (χ3v) is 4.51. The zero-order valence-corrected chi connectivity index (χ0v) is 18.4. The molecule has 3 N–H and O–H groups in total. The minimum Gasteiger partial charge on any atom is -0.494 e. The van der Waals surface area contributed by atoms with Crippen molar-refractivity contribution in [1.82, 2.24) is 10.7 Å². The molecule has 0 aromatic heterocycles. The number of ether oxygens (including phenoxy) is 3. The highest BCUT2D eigenvalue weighted by Crippen LogP contribution is 2.30. The van der Waals surface area contributed by atoms with E-state index in [-0.39, 0.29) is 24.3 Å². The van der Waals surface area contributed by atoms with Crippen molar-refractivity contribution in [2.75, 3.05) is 25.6 Å². The minimum absolute atomic E-state index is 0.0689. The molecular weight excluding hydrogens is 428 g/mol. The van der Waals surface area contributed by atoms with Crippen LogP contribution in [0.5, 0.6) is 17.2 Å². The van der Waals surface area contributed by atoms with Crippen LogP contribution in [0.2, 0.25) is 0 Å². The highest BCUT2D eigenvalue weighted by Gasteiger charge is 2.26. The zero-order valence-electron chi connectivity index (χ0n) is 18.4. The molecule has 0 bridgehead atoms. The normalized spacial score (nSPS) is 12.7. The maximum atomic E-state index is 12.3. The molecule has 2 aromatic rings. The number of methoxy groups -OCH3 is 1. The summed E-state index contributed by atoms with van der Waals surface area (Å²) in [6.45, 7) is 2.16. The lowest BCUT2D eigenvalue weighted by Crippen LogP contribution is -2.38. The van der Waals surface area contributed by atoms with E-state index in [0.717, 1.165) is 12.8 Å². The van der Waals surface area contributed by atoms with Crippen LogP contribution in [0.1, 0.15) is 25.3 Å². The van der Waals surface area contributed by atoms with Crippen molar-refractivity contribution in [2.24, 2.45) is 5.10 Å². The second-order valence-corrected chi connectivity index (χ2v) is 7.12. The third kappa shape index (κ3) is 7.23. The van der Waals surface area contributed by atoms with Gasteiger partial charge in [-0.3, -0.25) is 14.4 Å². The summed E-state index contributed by atoms with van der Waals surface area (Å²) in [5.41, 5.74) is 3.22. The van der Waals surface area contributed by atoms with Gasteiger partial charge in [-0.2, -0.15) is 5.10 Å². The summed E-state index contributed by atoms with van der Waals surface area (Å²) >= 11 is 0. The van der Waals surface area contributed by atoms with Crippen molar-refractivity contribution in [3.05, 3.63) is 48.0 Å². The number of nitrogens with zero attached hydrogens (tertiary/aromatic N) is 1. The fourth-order valence-corrected chi connectivity index (χ4v) is 2.78. The summed E-state index contributed by atoms with van der Waals surface area (Å²) < 4.78 is 16.4. The first-order valence-electron chi connectivity index (χ1n) is 10.5. The molecule has 1 saturated carbocycles. The van der Waals surface area contributed by atoms with Gasteiger partial charge in [0.05, 0.1) is 19.9 Å². The van der Waals surface area contributed by atoms with E-state index in [1.165, 1.54) is 13.3 Å². The van der Waals surface area contributed by atoms with Crippen LogP contribution in [0.15, 0.2) is 47.6 Å². The molecule has 3 rings (SSSR count). The smallest absolute Gasteiger partial charge is 0.329 e. The average Bonchev–Trinajstić information content (AvgIpc) is 3.63. The van der Waals surface area contributed by atoms with Crippen LogP contribution in [-0.4, -0.2) is 50.3 Å². The van der Waals surface area contributed by atoms with Crippen LogP contribution in [0, 0.1) is 0 Å². The van der Waals surface area contributed by atoms with Crippen molar-refractivity contribution in [3.63, 3.8) is 0 Å². The SMILES string of the molecule is CCOc1ccc(NC(=O)COc2c(/C=N\NC(=O)C(=O)NC3CC3)cccc2OC)cc1. The highest BCUT2D eigenvalue weighted by atomic mass is 16.5. The van der Waals surface area contributed by atoms with E-state index in [2.05, 4.69) is 21.2 Å². The van der Waals surface area contributed by atoms with E-state index in [1.807, 2.05) is 6.92 Å². The summed E-state index contributed by atoms with van der Waals surface area (Å²) in [5.74, 6) is -0.617. The van der Waals surface area contributed by atoms with Gasteiger partial charge >= 0.3 is 11.8 Å². The lowest BCUT2D eigenvalue weighted by molar-refractivity contribution is -0.139. The second-order valence-electron chi connectivity index (χ2n) is 7.12. The molecule has 0 radical (unpaired) electrons. The Morgan fingerprint density at radius 2 is 1.82 bits per heavy atom. The van der Waals surface area contributed by atoms with Gasteiger partial charge in [0.2, 0.25) is 0 Å². The fraction of sp³-hybridized carbons (Fsp3) is 0.304. The van der Waals surface area contributed by atoms with Gasteiger partial charge in [0, 0.05) is 17.3 Å². The van der Waals surface area contributed by atoms with Crippen LogP contribution < -0.4 is 30.3 Å². The first-order valence-corrected chi connectivity index (χ1v) is 10.5. The van der Waals surface area contributed by atoms with E-state index in [0.29, 0.717) is 29.4 Å². The molecule has 33 heavy (non-hydrogen) atoms.